The summed E-state index contributed by atoms with van der Waals surface area (Å²) in [5.41, 5.74) is 1.20. The molecule has 0 aromatic carbocycles. The van der Waals surface area contributed by atoms with E-state index in [4.69, 9.17) is 0 Å². The summed E-state index contributed by atoms with van der Waals surface area (Å²) in [6, 6.07) is 0. The van der Waals surface area contributed by atoms with E-state index in [9.17, 15) is 0 Å². The van der Waals surface area contributed by atoms with Gasteiger partial charge in [-0.2, -0.15) is 0 Å². The van der Waals surface area contributed by atoms with Gasteiger partial charge in [0.1, 0.15) is 0 Å². The van der Waals surface area contributed by atoms with Gasteiger partial charge in [0.15, 0.2) is 0 Å². The van der Waals surface area contributed by atoms with E-state index in [0.29, 0.717) is 11.0 Å². The third-order valence-corrected chi connectivity index (χ3v) is 4.32. The maximum absolute atomic E-state index is 2.79. The van der Waals surface area contributed by atoms with Crippen molar-refractivity contribution in [1.29, 1.82) is 0 Å². The summed E-state index contributed by atoms with van der Waals surface area (Å²) in [6.07, 6.45) is 8.52. The predicted octanol–water partition coefficient (Wildman–Crippen LogP) is 4.47. The third kappa shape index (κ3) is 2.80. The molecule has 2 aliphatic heterocycles. The molecule has 0 aromatic heterocycles. The van der Waals surface area contributed by atoms with Crippen molar-refractivity contribution in [3.05, 3.63) is 0 Å². The number of hydrogen-bond donors (Lipinski definition) is 0. The Labute approximate surface area is 103 Å². The molecule has 96 valence electrons. The van der Waals surface area contributed by atoms with Crippen molar-refractivity contribution in [3.8, 4) is 0 Å². The molecule has 2 saturated heterocycles. The molecule has 2 fully saturated rings. The zero-order valence-corrected chi connectivity index (χ0v) is 12.1. The maximum atomic E-state index is 2.79. The summed E-state index contributed by atoms with van der Waals surface area (Å²) in [4.78, 5) is 2.79. The summed E-state index contributed by atoms with van der Waals surface area (Å²) < 4.78 is 0. The summed E-state index contributed by atoms with van der Waals surface area (Å²) in [6.45, 7) is 14.0. The molecule has 1 nitrogen and oxygen atoms in total. The first kappa shape index (κ1) is 14.0. The first-order valence-corrected chi connectivity index (χ1v) is 7.33. The van der Waals surface area contributed by atoms with E-state index in [0.717, 1.165) is 0 Å². The highest BCUT2D eigenvalue weighted by atomic mass is 15.2. The number of rotatable bonds is 2. The van der Waals surface area contributed by atoms with Crippen LogP contribution in [0.25, 0.3) is 0 Å². The molecule has 0 aromatic rings. The van der Waals surface area contributed by atoms with Crippen LogP contribution in [0, 0.1) is 5.41 Å². The predicted molar refractivity (Wildman–Crippen MR) is 72.8 cm³/mol. The molecule has 2 rings (SSSR count). The normalized spacial score (nSPS) is 32.8. The van der Waals surface area contributed by atoms with Crippen molar-refractivity contribution >= 4 is 0 Å². The van der Waals surface area contributed by atoms with E-state index in [1.807, 2.05) is 13.8 Å². The monoisotopic (exact) mass is 225 g/mol. The molecule has 0 amide bonds. The molecule has 0 spiro atoms. The standard InChI is InChI=1S/C13H25N.C2H6/c1-4-6-13-7-5-9-14(13)10-8-12(2,3)11-13;1-2/h4-11H2,1-3H3;1-2H3. The molecule has 0 aliphatic carbocycles. The Balaban J connectivity index is 0.000000606. The Morgan fingerprint density at radius 3 is 2.38 bits per heavy atom. The summed E-state index contributed by atoms with van der Waals surface area (Å²) >= 11 is 0. The lowest BCUT2D eigenvalue weighted by molar-refractivity contribution is 0.0145. The lowest BCUT2D eigenvalue weighted by Crippen LogP contribution is -2.52. The molecular formula is C15H31N. The number of hydrogen-bond acceptors (Lipinski definition) is 1. The van der Waals surface area contributed by atoms with E-state index in [1.54, 1.807) is 0 Å². The lowest BCUT2D eigenvalue weighted by atomic mass is 9.70. The first-order valence-electron chi connectivity index (χ1n) is 7.33. The van der Waals surface area contributed by atoms with Crippen LogP contribution < -0.4 is 0 Å². The first-order chi connectivity index (χ1) is 7.58. The second-order valence-corrected chi connectivity index (χ2v) is 6.16. The molecule has 0 N–H and O–H groups in total. The minimum atomic E-state index is 0.593. The molecule has 1 heteroatoms. The van der Waals surface area contributed by atoms with E-state index in [2.05, 4.69) is 25.7 Å². The van der Waals surface area contributed by atoms with E-state index in [1.165, 1.54) is 51.6 Å². The van der Waals surface area contributed by atoms with Gasteiger partial charge in [-0.05, 0) is 50.6 Å². The molecule has 2 heterocycles. The maximum Gasteiger partial charge on any atom is 0.0215 e. The summed E-state index contributed by atoms with van der Waals surface area (Å²) in [5.74, 6) is 0. The second-order valence-electron chi connectivity index (χ2n) is 6.16. The molecule has 1 unspecified atom stereocenters. The van der Waals surface area contributed by atoms with E-state index in [-0.39, 0.29) is 0 Å². The average Bonchev–Trinajstić information content (AvgIpc) is 2.62. The van der Waals surface area contributed by atoms with Gasteiger partial charge in [-0.15, -0.1) is 0 Å². The van der Waals surface area contributed by atoms with Gasteiger partial charge in [-0.25, -0.2) is 0 Å². The van der Waals surface area contributed by atoms with Crippen LogP contribution in [0.2, 0.25) is 0 Å². The van der Waals surface area contributed by atoms with Crippen LogP contribution in [0.1, 0.15) is 73.1 Å². The highest BCUT2D eigenvalue weighted by Crippen LogP contribution is 2.47. The Bertz CT molecular complexity index is 209. The van der Waals surface area contributed by atoms with Gasteiger partial charge in [0.25, 0.3) is 0 Å². The fraction of sp³-hybridized carbons (Fsp3) is 1.00. The zero-order chi connectivity index (χ0) is 12.2. The largest absolute Gasteiger partial charge is 0.298 e. The van der Waals surface area contributed by atoms with Crippen LogP contribution in [0.15, 0.2) is 0 Å². The number of piperidine rings is 1. The van der Waals surface area contributed by atoms with Crippen molar-refractivity contribution in [2.45, 2.75) is 78.7 Å². The van der Waals surface area contributed by atoms with Crippen LogP contribution in [0.5, 0.6) is 0 Å². The van der Waals surface area contributed by atoms with Gasteiger partial charge >= 0.3 is 0 Å². The van der Waals surface area contributed by atoms with E-state index < -0.39 is 0 Å². The molecule has 0 bridgehead atoms. The number of nitrogens with zero attached hydrogens (tertiary/aromatic N) is 1. The van der Waals surface area contributed by atoms with Crippen LogP contribution in [0.4, 0.5) is 0 Å². The third-order valence-electron chi connectivity index (χ3n) is 4.32. The second kappa shape index (κ2) is 5.53. The van der Waals surface area contributed by atoms with Crippen LogP contribution in [-0.4, -0.2) is 23.5 Å². The fourth-order valence-corrected chi connectivity index (χ4v) is 3.80. The van der Waals surface area contributed by atoms with E-state index >= 15 is 0 Å². The number of fused-ring (bicyclic) bond motifs is 1. The van der Waals surface area contributed by atoms with Gasteiger partial charge < -0.3 is 0 Å². The van der Waals surface area contributed by atoms with Crippen LogP contribution in [0.3, 0.4) is 0 Å². The van der Waals surface area contributed by atoms with Gasteiger partial charge in [0.05, 0.1) is 0 Å². The molecule has 2 aliphatic rings. The van der Waals surface area contributed by atoms with Gasteiger partial charge in [-0.1, -0.05) is 41.0 Å². The summed E-state index contributed by atoms with van der Waals surface area (Å²) in [5, 5.41) is 0. The highest BCUT2D eigenvalue weighted by molar-refractivity contribution is 5.02. The highest BCUT2D eigenvalue weighted by Gasteiger charge is 2.46. The molecule has 1 atom stereocenters. The topological polar surface area (TPSA) is 3.24 Å². The van der Waals surface area contributed by atoms with Gasteiger partial charge in [0.2, 0.25) is 0 Å². The van der Waals surface area contributed by atoms with Crippen LogP contribution in [-0.2, 0) is 0 Å². The van der Waals surface area contributed by atoms with Gasteiger partial charge in [-0.3, -0.25) is 4.90 Å². The minimum Gasteiger partial charge on any atom is -0.298 e. The Morgan fingerprint density at radius 1 is 1.06 bits per heavy atom. The minimum absolute atomic E-state index is 0.593. The molecule has 16 heavy (non-hydrogen) atoms. The summed E-state index contributed by atoms with van der Waals surface area (Å²) in [7, 11) is 0. The van der Waals surface area contributed by atoms with Crippen molar-refractivity contribution in [3.63, 3.8) is 0 Å². The fourth-order valence-electron chi connectivity index (χ4n) is 3.80. The van der Waals surface area contributed by atoms with Crippen molar-refractivity contribution < 1.29 is 0 Å². The quantitative estimate of drug-likeness (QED) is 0.670. The molecule has 0 saturated carbocycles. The molecular weight excluding hydrogens is 194 g/mol. The van der Waals surface area contributed by atoms with Crippen molar-refractivity contribution in [2.75, 3.05) is 13.1 Å². The lowest BCUT2D eigenvalue weighted by Gasteiger charge is -2.49. The molecule has 0 radical (unpaired) electrons. The smallest absolute Gasteiger partial charge is 0.0215 e. The Morgan fingerprint density at radius 2 is 1.75 bits per heavy atom. The Kier molecular flexibility index (Phi) is 4.85. The van der Waals surface area contributed by atoms with Crippen LogP contribution >= 0.6 is 0 Å². The van der Waals surface area contributed by atoms with Crippen molar-refractivity contribution in [2.24, 2.45) is 5.41 Å². The SMILES string of the molecule is CC.CCCC12CCCN1CCC(C)(C)C2. The van der Waals surface area contributed by atoms with Crippen molar-refractivity contribution in [1.82, 2.24) is 4.90 Å². The van der Waals surface area contributed by atoms with Gasteiger partial charge in [0, 0.05) is 5.54 Å². The zero-order valence-electron chi connectivity index (χ0n) is 12.1. The average molecular weight is 225 g/mol. The Hall–Kier alpha value is -0.0400.